The Labute approximate surface area is 87.4 Å². The molecule has 13 heavy (non-hydrogen) atoms. The molecule has 0 fully saturated rings. The molecule has 72 valence electrons. The summed E-state index contributed by atoms with van der Waals surface area (Å²) in [5.41, 5.74) is 2.45. The molecule has 0 aliphatic heterocycles. The predicted molar refractivity (Wildman–Crippen MR) is 58.2 cm³/mol. The van der Waals surface area contributed by atoms with Crippen LogP contribution in [-0.2, 0) is 6.54 Å². The first-order valence-electron chi connectivity index (χ1n) is 4.17. The molecule has 1 aromatic carbocycles. The molecule has 0 saturated carbocycles. The topological polar surface area (TPSA) is 21.3 Å². The molecule has 0 saturated heterocycles. The van der Waals surface area contributed by atoms with Crippen LogP contribution < -0.4 is 10.1 Å². The summed E-state index contributed by atoms with van der Waals surface area (Å²) in [6, 6.07) is 4.09. The van der Waals surface area contributed by atoms with Crippen molar-refractivity contribution in [2.75, 3.05) is 14.2 Å². The summed E-state index contributed by atoms with van der Waals surface area (Å²) in [6.45, 7) is 2.91. The third-order valence-corrected chi connectivity index (χ3v) is 2.63. The average Bonchev–Trinajstić information content (AvgIpc) is 2.12. The molecule has 1 rings (SSSR count). The number of nitrogens with one attached hydrogen (secondary N) is 1. The molecule has 1 N–H and O–H groups in total. The molecule has 0 aliphatic rings. The molecule has 1 aromatic rings. The van der Waals surface area contributed by atoms with Gasteiger partial charge in [0, 0.05) is 12.1 Å². The van der Waals surface area contributed by atoms with E-state index in [9.17, 15) is 0 Å². The van der Waals surface area contributed by atoms with Gasteiger partial charge in [-0.2, -0.15) is 0 Å². The van der Waals surface area contributed by atoms with Crippen molar-refractivity contribution in [3.05, 3.63) is 27.7 Å². The lowest BCUT2D eigenvalue weighted by molar-refractivity contribution is 0.405. The van der Waals surface area contributed by atoms with Crippen molar-refractivity contribution < 1.29 is 4.74 Å². The third-order valence-electron chi connectivity index (χ3n) is 2.00. The summed E-state index contributed by atoms with van der Waals surface area (Å²) >= 11 is 3.46. The molecule has 3 heteroatoms. The van der Waals surface area contributed by atoms with E-state index < -0.39 is 0 Å². The lowest BCUT2D eigenvalue weighted by Gasteiger charge is -2.12. The number of aryl methyl sites for hydroxylation is 1. The van der Waals surface area contributed by atoms with E-state index in [0.717, 1.165) is 16.8 Å². The summed E-state index contributed by atoms with van der Waals surface area (Å²) in [6.07, 6.45) is 0. The summed E-state index contributed by atoms with van der Waals surface area (Å²) in [7, 11) is 3.62. The van der Waals surface area contributed by atoms with E-state index in [1.165, 1.54) is 11.1 Å². The SMILES string of the molecule is CNCc1c(C)ccc(Br)c1OC. The molecule has 0 radical (unpaired) electrons. The maximum absolute atomic E-state index is 5.32. The Morgan fingerprint density at radius 3 is 2.69 bits per heavy atom. The van der Waals surface area contributed by atoms with Crippen LogP contribution >= 0.6 is 15.9 Å². The second-order valence-electron chi connectivity index (χ2n) is 2.91. The minimum absolute atomic E-state index is 0.828. The maximum atomic E-state index is 5.32. The zero-order valence-electron chi connectivity index (χ0n) is 8.15. The molecule has 0 heterocycles. The van der Waals surface area contributed by atoms with Gasteiger partial charge in [-0.1, -0.05) is 6.07 Å². The second kappa shape index (κ2) is 4.63. The number of rotatable bonds is 3. The van der Waals surface area contributed by atoms with Gasteiger partial charge in [0.2, 0.25) is 0 Å². The fourth-order valence-corrected chi connectivity index (χ4v) is 1.85. The van der Waals surface area contributed by atoms with Crippen LogP contribution in [0.3, 0.4) is 0 Å². The zero-order valence-corrected chi connectivity index (χ0v) is 9.73. The molecule has 0 spiro atoms. The molecular formula is C10H14BrNO. The van der Waals surface area contributed by atoms with Gasteiger partial charge in [0.15, 0.2) is 0 Å². The van der Waals surface area contributed by atoms with Crippen molar-refractivity contribution in [2.24, 2.45) is 0 Å². The molecule has 0 aromatic heterocycles. The minimum atomic E-state index is 0.828. The number of halogens is 1. The van der Waals surface area contributed by atoms with Gasteiger partial charge in [-0.15, -0.1) is 0 Å². The van der Waals surface area contributed by atoms with Gasteiger partial charge in [-0.25, -0.2) is 0 Å². The Morgan fingerprint density at radius 2 is 2.15 bits per heavy atom. The Hall–Kier alpha value is -0.540. The van der Waals surface area contributed by atoms with Crippen LogP contribution in [0.4, 0.5) is 0 Å². The summed E-state index contributed by atoms with van der Waals surface area (Å²) in [5.74, 6) is 0.925. The fraction of sp³-hybridized carbons (Fsp3) is 0.400. The van der Waals surface area contributed by atoms with E-state index in [-0.39, 0.29) is 0 Å². The van der Waals surface area contributed by atoms with E-state index in [1.54, 1.807) is 7.11 Å². The Bertz CT molecular complexity index is 299. The Balaban J connectivity index is 3.18. The van der Waals surface area contributed by atoms with Gasteiger partial charge >= 0.3 is 0 Å². The van der Waals surface area contributed by atoms with Gasteiger partial charge in [-0.05, 0) is 41.5 Å². The van der Waals surface area contributed by atoms with E-state index in [2.05, 4.69) is 34.2 Å². The molecule has 0 atom stereocenters. The number of hydrogen-bond donors (Lipinski definition) is 1. The van der Waals surface area contributed by atoms with Crippen LogP contribution in [0.1, 0.15) is 11.1 Å². The highest BCUT2D eigenvalue weighted by atomic mass is 79.9. The quantitative estimate of drug-likeness (QED) is 0.881. The predicted octanol–water partition coefficient (Wildman–Crippen LogP) is 2.49. The first kappa shape index (κ1) is 10.5. The largest absolute Gasteiger partial charge is 0.495 e. The standard InChI is InChI=1S/C10H14BrNO/c1-7-4-5-9(11)10(13-3)8(7)6-12-2/h4-5,12H,6H2,1-3H3. The second-order valence-corrected chi connectivity index (χ2v) is 3.76. The van der Waals surface area contributed by atoms with Crippen LogP contribution in [0.2, 0.25) is 0 Å². The van der Waals surface area contributed by atoms with Crippen molar-refractivity contribution in [1.82, 2.24) is 5.32 Å². The van der Waals surface area contributed by atoms with E-state index in [0.29, 0.717) is 0 Å². The van der Waals surface area contributed by atoms with Gasteiger partial charge in [-0.3, -0.25) is 0 Å². The van der Waals surface area contributed by atoms with E-state index in [1.807, 2.05) is 13.1 Å². The third kappa shape index (κ3) is 2.23. The van der Waals surface area contributed by atoms with Gasteiger partial charge < -0.3 is 10.1 Å². The number of ether oxygens (including phenoxy) is 1. The van der Waals surface area contributed by atoms with Crippen molar-refractivity contribution in [1.29, 1.82) is 0 Å². The molecule has 2 nitrogen and oxygen atoms in total. The first-order chi connectivity index (χ1) is 6.20. The van der Waals surface area contributed by atoms with Gasteiger partial charge in [0.05, 0.1) is 11.6 Å². The number of hydrogen-bond acceptors (Lipinski definition) is 2. The summed E-state index contributed by atoms with van der Waals surface area (Å²) in [5, 5.41) is 3.13. The smallest absolute Gasteiger partial charge is 0.137 e. The molecular weight excluding hydrogens is 230 g/mol. The maximum Gasteiger partial charge on any atom is 0.137 e. The highest BCUT2D eigenvalue weighted by Crippen LogP contribution is 2.30. The molecule has 0 bridgehead atoms. The van der Waals surface area contributed by atoms with Crippen molar-refractivity contribution in [2.45, 2.75) is 13.5 Å². The molecule has 0 unspecified atom stereocenters. The number of methoxy groups -OCH3 is 1. The van der Waals surface area contributed by atoms with Gasteiger partial charge in [0.25, 0.3) is 0 Å². The van der Waals surface area contributed by atoms with Crippen LogP contribution in [0.5, 0.6) is 5.75 Å². The zero-order chi connectivity index (χ0) is 9.84. The Kier molecular flexibility index (Phi) is 3.75. The first-order valence-corrected chi connectivity index (χ1v) is 4.96. The van der Waals surface area contributed by atoms with E-state index in [4.69, 9.17) is 4.74 Å². The van der Waals surface area contributed by atoms with Crippen LogP contribution in [0.15, 0.2) is 16.6 Å². The normalized spacial score (nSPS) is 10.2. The van der Waals surface area contributed by atoms with Crippen molar-refractivity contribution in [3.8, 4) is 5.75 Å². The summed E-state index contributed by atoms with van der Waals surface area (Å²) in [4.78, 5) is 0. The lowest BCUT2D eigenvalue weighted by Crippen LogP contribution is -2.08. The monoisotopic (exact) mass is 243 g/mol. The van der Waals surface area contributed by atoms with Crippen LogP contribution in [0.25, 0.3) is 0 Å². The van der Waals surface area contributed by atoms with Crippen molar-refractivity contribution in [3.63, 3.8) is 0 Å². The lowest BCUT2D eigenvalue weighted by atomic mass is 10.1. The minimum Gasteiger partial charge on any atom is -0.495 e. The highest BCUT2D eigenvalue weighted by molar-refractivity contribution is 9.10. The Morgan fingerprint density at radius 1 is 1.46 bits per heavy atom. The molecule has 0 aliphatic carbocycles. The average molecular weight is 244 g/mol. The van der Waals surface area contributed by atoms with Crippen molar-refractivity contribution >= 4 is 15.9 Å². The van der Waals surface area contributed by atoms with Crippen LogP contribution in [0, 0.1) is 6.92 Å². The van der Waals surface area contributed by atoms with Crippen LogP contribution in [-0.4, -0.2) is 14.2 Å². The fourth-order valence-electron chi connectivity index (χ4n) is 1.31. The number of benzene rings is 1. The van der Waals surface area contributed by atoms with Gasteiger partial charge in [0.1, 0.15) is 5.75 Å². The summed E-state index contributed by atoms with van der Waals surface area (Å²) < 4.78 is 6.33. The molecule has 0 amide bonds. The highest BCUT2D eigenvalue weighted by Gasteiger charge is 2.08. The van der Waals surface area contributed by atoms with E-state index >= 15 is 0 Å².